The van der Waals surface area contributed by atoms with Crippen LogP contribution in [0.15, 0.2) is 48.6 Å². The van der Waals surface area contributed by atoms with E-state index in [4.69, 9.17) is 29.4 Å². The van der Waals surface area contributed by atoms with Gasteiger partial charge in [0.25, 0.3) is 0 Å². The summed E-state index contributed by atoms with van der Waals surface area (Å²) in [7, 11) is -4.62. The van der Waals surface area contributed by atoms with Crippen molar-refractivity contribution in [2.24, 2.45) is 5.73 Å². The molecule has 0 amide bonds. The second-order valence-corrected chi connectivity index (χ2v) is 17.7. The number of ether oxygens (including phenoxy) is 2. The summed E-state index contributed by atoms with van der Waals surface area (Å²) in [6.07, 6.45) is 53.0. The Bertz CT molecular complexity index is 1140. The molecule has 3 atom stereocenters. The van der Waals surface area contributed by atoms with E-state index in [-0.39, 0.29) is 13.0 Å². The fourth-order valence-corrected chi connectivity index (χ4v) is 7.43. The van der Waals surface area contributed by atoms with Gasteiger partial charge in [-0.05, 0) is 51.4 Å². The fourth-order valence-electron chi connectivity index (χ4n) is 6.65. The zero-order chi connectivity index (χ0) is 44.0. The van der Waals surface area contributed by atoms with E-state index < -0.39 is 45.1 Å². The van der Waals surface area contributed by atoms with Crippen molar-refractivity contribution in [2.75, 3.05) is 26.4 Å². The molecule has 0 saturated carbocycles. The molecule has 0 aliphatic heterocycles. The van der Waals surface area contributed by atoms with E-state index in [0.29, 0.717) is 13.0 Å². The van der Waals surface area contributed by atoms with E-state index in [2.05, 4.69) is 62.5 Å². The Kier molecular flexibility index (Phi) is 43.4. The molecule has 0 aliphatic rings. The highest BCUT2D eigenvalue weighted by Crippen LogP contribution is 2.43. The summed E-state index contributed by atoms with van der Waals surface area (Å²) in [4.78, 5) is 33.6. The predicted molar refractivity (Wildman–Crippen MR) is 249 cm³/mol. The lowest BCUT2D eigenvalue weighted by Gasteiger charge is -2.20. The molecule has 0 aromatic carbocycles. The Morgan fingerprint density at radius 2 is 0.967 bits per heavy atom. The molecule has 3 unspecified atom stereocenters. The molecule has 0 aromatic heterocycles. The number of carboxylic acids is 1. The van der Waals surface area contributed by atoms with Crippen LogP contribution in [0.1, 0.15) is 213 Å². The average Bonchev–Trinajstić information content (AvgIpc) is 3.23. The van der Waals surface area contributed by atoms with Crippen LogP contribution in [0.2, 0.25) is 0 Å². The highest BCUT2D eigenvalue weighted by atomic mass is 31.2. The first-order valence-electron chi connectivity index (χ1n) is 24.2. The Hall–Kier alpha value is -2.07. The lowest BCUT2D eigenvalue weighted by Crippen LogP contribution is -2.34. The molecule has 11 heteroatoms. The number of allylic oxidation sites excluding steroid dienone is 8. The van der Waals surface area contributed by atoms with Crippen molar-refractivity contribution in [3.63, 3.8) is 0 Å². The number of carbonyl (C=O) groups excluding carboxylic acids is 1. The number of nitrogens with two attached hydrogens (primary N) is 1. The van der Waals surface area contributed by atoms with Crippen LogP contribution in [0, 0.1) is 0 Å². The standard InChI is InChI=1S/C49H90NO9P/c1-3-5-7-9-11-13-15-17-19-21-22-23-24-25-26-28-30-32-34-36-38-40-42-56-43-46(44-57-60(54,55)58-45-47(50)49(52)53)59-48(51)41-39-37-35-33-31-29-27-20-18-16-14-12-10-8-6-4-2/h5,7,11,13,17,19,22-23,46-47H,3-4,6,8-10,12,14-16,18,20-21,24-45,50H2,1-2H3,(H,52,53)(H,54,55)/b7-5-,13-11-,19-17-,23-22-. The van der Waals surface area contributed by atoms with Gasteiger partial charge in [-0.15, -0.1) is 0 Å². The van der Waals surface area contributed by atoms with Crippen LogP contribution >= 0.6 is 7.82 Å². The first-order valence-corrected chi connectivity index (χ1v) is 25.7. The van der Waals surface area contributed by atoms with Crippen molar-refractivity contribution < 1.29 is 42.7 Å². The van der Waals surface area contributed by atoms with Crippen molar-refractivity contribution in [3.05, 3.63) is 48.6 Å². The molecule has 350 valence electrons. The third kappa shape index (κ3) is 44.0. The van der Waals surface area contributed by atoms with Crippen LogP contribution in [0.3, 0.4) is 0 Å². The largest absolute Gasteiger partial charge is 0.480 e. The van der Waals surface area contributed by atoms with Gasteiger partial charge in [0.05, 0.1) is 19.8 Å². The van der Waals surface area contributed by atoms with Crippen LogP contribution in [0.5, 0.6) is 0 Å². The lowest BCUT2D eigenvalue weighted by atomic mass is 10.0. The quantitative estimate of drug-likeness (QED) is 0.0233. The van der Waals surface area contributed by atoms with Crippen molar-refractivity contribution in [1.82, 2.24) is 0 Å². The second-order valence-electron chi connectivity index (χ2n) is 16.2. The van der Waals surface area contributed by atoms with Crippen LogP contribution < -0.4 is 5.73 Å². The minimum Gasteiger partial charge on any atom is -0.480 e. The lowest BCUT2D eigenvalue weighted by molar-refractivity contribution is -0.154. The monoisotopic (exact) mass is 868 g/mol. The molecule has 0 heterocycles. The third-order valence-electron chi connectivity index (χ3n) is 10.4. The fraction of sp³-hybridized carbons (Fsp3) is 0.796. The number of rotatable bonds is 46. The average molecular weight is 868 g/mol. The number of aliphatic carboxylic acids is 1. The maximum atomic E-state index is 12.7. The van der Waals surface area contributed by atoms with Gasteiger partial charge in [0.1, 0.15) is 12.1 Å². The molecule has 0 aromatic rings. The molecule has 0 rings (SSSR count). The van der Waals surface area contributed by atoms with Crippen molar-refractivity contribution >= 4 is 19.8 Å². The number of hydrogen-bond acceptors (Lipinski definition) is 8. The molecule has 0 radical (unpaired) electrons. The van der Waals surface area contributed by atoms with Gasteiger partial charge in [0.2, 0.25) is 0 Å². The van der Waals surface area contributed by atoms with Gasteiger partial charge >= 0.3 is 19.8 Å². The summed E-state index contributed by atoms with van der Waals surface area (Å²) in [5.74, 6) is -1.78. The molecule has 0 bridgehead atoms. The number of hydrogen-bond donors (Lipinski definition) is 3. The van der Waals surface area contributed by atoms with E-state index in [1.807, 2.05) is 0 Å². The van der Waals surface area contributed by atoms with Gasteiger partial charge in [0.15, 0.2) is 0 Å². The molecule has 0 fully saturated rings. The van der Waals surface area contributed by atoms with Gasteiger partial charge < -0.3 is 25.2 Å². The maximum absolute atomic E-state index is 12.7. The van der Waals surface area contributed by atoms with Gasteiger partial charge in [-0.2, -0.15) is 0 Å². The molecule has 0 aliphatic carbocycles. The third-order valence-corrected chi connectivity index (χ3v) is 11.3. The summed E-state index contributed by atoms with van der Waals surface area (Å²) in [6, 6.07) is -1.47. The Morgan fingerprint density at radius 1 is 0.550 bits per heavy atom. The summed E-state index contributed by atoms with van der Waals surface area (Å²) in [6.45, 7) is 3.78. The van der Waals surface area contributed by atoms with Crippen molar-refractivity contribution in [2.45, 2.75) is 225 Å². The smallest absolute Gasteiger partial charge is 0.472 e. The highest BCUT2D eigenvalue weighted by molar-refractivity contribution is 7.47. The van der Waals surface area contributed by atoms with E-state index in [1.54, 1.807) is 0 Å². The molecule has 0 spiro atoms. The van der Waals surface area contributed by atoms with Crippen molar-refractivity contribution in [1.29, 1.82) is 0 Å². The first-order chi connectivity index (χ1) is 29.2. The van der Waals surface area contributed by atoms with Gasteiger partial charge in [-0.3, -0.25) is 18.6 Å². The van der Waals surface area contributed by atoms with Gasteiger partial charge in [0, 0.05) is 13.0 Å². The number of phosphoric acid groups is 1. The number of carboxylic acid groups (broad SMARTS) is 1. The Morgan fingerprint density at radius 3 is 1.45 bits per heavy atom. The number of unbranched alkanes of at least 4 members (excludes halogenated alkanes) is 24. The van der Waals surface area contributed by atoms with E-state index in [1.165, 1.54) is 122 Å². The topological polar surface area (TPSA) is 155 Å². The van der Waals surface area contributed by atoms with E-state index >= 15 is 0 Å². The zero-order valence-electron chi connectivity index (χ0n) is 38.3. The molecule has 4 N–H and O–H groups in total. The maximum Gasteiger partial charge on any atom is 0.472 e. The van der Waals surface area contributed by atoms with Crippen molar-refractivity contribution in [3.8, 4) is 0 Å². The van der Waals surface area contributed by atoms with Crippen LogP contribution in [0.4, 0.5) is 0 Å². The van der Waals surface area contributed by atoms with Crippen LogP contribution in [-0.4, -0.2) is 60.5 Å². The molecule has 10 nitrogen and oxygen atoms in total. The molecular weight excluding hydrogens is 778 g/mol. The number of phosphoric ester groups is 1. The first kappa shape index (κ1) is 57.9. The van der Waals surface area contributed by atoms with Gasteiger partial charge in [-0.25, -0.2) is 4.57 Å². The SMILES string of the molecule is CC/C=C\C/C=C\C/C=C\C/C=C\CCCCCCCCCCCOCC(COP(=O)(O)OCC(N)C(=O)O)OC(=O)CCCCCCCCCCCCCCCCCC. The zero-order valence-corrected chi connectivity index (χ0v) is 39.2. The molecule has 0 saturated heterocycles. The molecule has 60 heavy (non-hydrogen) atoms. The van der Waals surface area contributed by atoms with Crippen LogP contribution in [0.25, 0.3) is 0 Å². The van der Waals surface area contributed by atoms with Crippen LogP contribution in [-0.2, 0) is 32.7 Å². The highest BCUT2D eigenvalue weighted by Gasteiger charge is 2.27. The Labute approximate surface area is 367 Å². The minimum absolute atomic E-state index is 0.0141. The summed E-state index contributed by atoms with van der Waals surface area (Å²) in [5, 5.41) is 8.92. The number of carbonyl (C=O) groups is 2. The van der Waals surface area contributed by atoms with Gasteiger partial charge in [-0.1, -0.05) is 204 Å². The number of esters is 1. The van der Waals surface area contributed by atoms with E-state index in [9.17, 15) is 19.0 Å². The normalized spacial score (nSPS) is 14.2. The minimum atomic E-state index is -4.62. The van der Waals surface area contributed by atoms with E-state index in [0.717, 1.165) is 64.2 Å². The second kappa shape index (κ2) is 45.0. The Balaban J connectivity index is 4.16. The predicted octanol–water partition coefficient (Wildman–Crippen LogP) is 13.8. The molecular formula is C49H90NO9P. The summed E-state index contributed by atoms with van der Waals surface area (Å²) >= 11 is 0. The summed E-state index contributed by atoms with van der Waals surface area (Å²) < 4.78 is 33.5. The summed E-state index contributed by atoms with van der Waals surface area (Å²) in [5.41, 5.74) is 5.37.